The van der Waals surface area contributed by atoms with Crippen LogP contribution in [0.1, 0.15) is 31.4 Å². The molecule has 1 aromatic rings. The maximum atomic E-state index is 12.6. The van der Waals surface area contributed by atoms with Gasteiger partial charge in [0.05, 0.1) is 6.42 Å². The molecule has 0 saturated carbocycles. The molecule has 5 nitrogen and oxygen atoms in total. The highest BCUT2D eigenvalue weighted by Gasteiger charge is 2.24. The van der Waals surface area contributed by atoms with Crippen molar-refractivity contribution in [3.8, 4) is 0 Å². The van der Waals surface area contributed by atoms with E-state index in [2.05, 4.69) is 0 Å². The first kappa shape index (κ1) is 17.0. The number of hydrogen-bond donors (Lipinski definition) is 1. The van der Waals surface area contributed by atoms with E-state index in [-0.39, 0.29) is 18.5 Å². The van der Waals surface area contributed by atoms with Gasteiger partial charge in [-0.25, -0.2) is 4.79 Å². The average molecular weight is 292 g/mol. The lowest BCUT2D eigenvalue weighted by Crippen LogP contribution is -2.46. The zero-order valence-electron chi connectivity index (χ0n) is 13.4. The van der Waals surface area contributed by atoms with Gasteiger partial charge in [-0.3, -0.25) is 9.69 Å². The van der Waals surface area contributed by atoms with Crippen molar-refractivity contribution in [2.75, 3.05) is 18.5 Å². The Hall–Kier alpha value is -2.04. The summed E-state index contributed by atoms with van der Waals surface area (Å²) in [5, 5.41) is 8.89. The van der Waals surface area contributed by atoms with Crippen LogP contribution in [0.15, 0.2) is 18.2 Å². The van der Waals surface area contributed by atoms with Crippen molar-refractivity contribution in [1.29, 1.82) is 0 Å². The van der Waals surface area contributed by atoms with Gasteiger partial charge in [0.15, 0.2) is 0 Å². The lowest BCUT2D eigenvalue weighted by molar-refractivity contribution is -0.138. The molecule has 116 valence electrons. The van der Waals surface area contributed by atoms with Crippen LogP contribution in [0, 0.1) is 13.8 Å². The number of benzene rings is 1. The minimum Gasteiger partial charge on any atom is -0.481 e. The predicted octanol–water partition coefficient (Wildman–Crippen LogP) is 3.04. The summed E-state index contributed by atoms with van der Waals surface area (Å²) in [6, 6.07) is 5.41. The lowest BCUT2D eigenvalue weighted by atomic mass is 10.1. The fourth-order valence-corrected chi connectivity index (χ4v) is 2.45. The standard InChI is InChI=1S/C16H24N2O3/c1-6-18(13(4)10-15(19)20)16(21)17(5)14-8-11(2)7-12(3)9-14/h7-9,13H,6,10H2,1-5H3,(H,19,20). The summed E-state index contributed by atoms with van der Waals surface area (Å²) in [5.74, 6) is -0.900. The van der Waals surface area contributed by atoms with Crippen molar-refractivity contribution in [3.05, 3.63) is 29.3 Å². The summed E-state index contributed by atoms with van der Waals surface area (Å²) in [6.07, 6.45) is -0.0553. The van der Waals surface area contributed by atoms with Crippen molar-refractivity contribution < 1.29 is 14.7 Å². The topological polar surface area (TPSA) is 60.9 Å². The number of aliphatic carboxylic acids is 1. The molecule has 0 aliphatic rings. The summed E-state index contributed by atoms with van der Waals surface area (Å²) >= 11 is 0. The Labute approximate surface area is 126 Å². The van der Waals surface area contributed by atoms with Gasteiger partial charge >= 0.3 is 12.0 Å². The van der Waals surface area contributed by atoms with E-state index >= 15 is 0 Å². The summed E-state index contributed by atoms with van der Waals surface area (Å²) in [6.45, 7) is 8.05. The number of carboxylic acid groups (broad SMARTS) is 1. The molecule has 0 fully saturated rings. The van der Waals surface area contributed by atoms with Crippen molar-refractivity contribution in [2.24, 2.45) is 0 Å². The number of rotatable bonds is 5. The molecular formula is C16H24N2O3. The second-order valence-corrected chi connectivity index (χ2v) is 5.42. The number of urea groups is 1. The minimum absolute atomic E-state index is 0.0553. The summed E-state index contributed by atoms with van der Waals surface area (Å²) in [5.41, 5.74) is 3.00. The largest absolute Gasteiger partial charge is 0.481 e. The molecule has 21 heavy (non-hydrogen) atoms. The van der Waals surface area contributed by atoms with Crippen molar-refractivity contribution in [1.82, 2.24) is 4.90 Å². The maximum Gasteiger partial charge on any atom is 0.324 e. The molecule has 0 aromatic heterocycles. The van der Waals surface area contributed by atoms with Gasteiger partial charge in [0.1, 0.15) is 0 Å². The zero-order chi connectivity index (χ0) is 16.2. The highest BCUT2D eigenvalue weighted by molar-refractivity contribution is 5.92. The summed E-state index contributed by atoms with van der Waals surface area (Å²) in [7, 11) is 1.71. The third-order valence-corrected chi connectivity index (χ3v) is 3.47. The Morgan fingerprint density at radius 3 is 2.14 bits per heavy atom. The van der Waals surface area contributed by atoms with Crippen LogP contribution in [0.5, 0.6) is 0 Å². The highest BCUT2D eigenvalue weighted by atomic mass is 16.4. The number of carbonyl (C=O) groups is 2. The van der Waals surface area contributed by atoms with Crippen LogP contribution in [0.4, 0.5) is 10.5 Å². The Bertz CT molecular complexity index is 508. The third-order valence-electron chi connectivity index (χ3n) is 3.47. The third kappa shape index (κ3) is 4.48. The number of carboxylic acids is 1. The molecule has 1 N–H and O–H groups in total. The Balaban J connectivity index is 2.95. The molecule has 0 radical (unpaired) electrons. The molecule has 0 heterocycles. The van der Waals surface area contributed by atoms with Crippen LogP contribution < -0.4 is 4.90 Å². The van der Waals surface area contributed by atoms with Gasteiger partial charge in [0.2, 0.25) is 0 Å². The molecule has 0 bridgehead atoms. The molecule has 1 unspecified atom stereocenters. The van der Waals surface area contributed by atoms with Gasteiger partial charge in [-0.05, 0) is 51.0 Å². The molecule has 0 aliphatic heterocycles. The van der Waals surface area contributed by atoms with E-state index < -0.39 is 5.97 Å². The zero-order valence-corrected chi connectivity index (χ0v) is 13.4. The van der Waals surface area contributed by atoms with Crippen LogP contribution in [0.25, 0.3) is 0 Å². The maximum absolute atomic E-state index is 12.6. The van der Waals surface area contributed by atoms with Gasteiger partial charge in [-0.2, -0.15) is 0 Å². The Kier molecular flexibility index (Phi) is 5.76. The number of hydrogen-bond acceptors (Lipinski definition) is 2. The van der Waals surface area contributed by atoms with Gasteiger partial charge in [-0.15, -0.1) is 0 Å². The Morgan fingerprint density at radius 1 is 1.19 bits per heavy atom. The minimum atomic E-state index is -0.900. The SMILES string of the molecule is CCN(C(=O)N(C)c1cc(C)cc(C)c1)C(C)CC(=O)O. The smallest absolute Gasteiger partial charge is 0.324 e. The molecule has 2 amide bonds. The summed E-state index contributed by atoms with van der Waals surface area (Å²) in [4.78, 5) is 26.6. The molecule has 0 saturated heterocycles. The van der Waals surface area contributed by atoms with Crippen LogP contribution >= 0.6 is 0 Å². The molecule has 1 atom stereocenters. The van der Waals surface area contributed by atoms with E-state index in [0.717, 1.165) is 16.8 Å². The van der Waals surface area contributed by atoms with Gasteiger partial charge < -0.3 is 10.0 Å². The van der Waals surface area contributed by atoms with E-state index in [1.807, 2.05) is 39.0 Å². The molecule has 1 rings (SSSR count). The monoisotopic (exact) mass is 292 g/mol. The van der Waals surface area contributed by atoms with Crippen LogP contribution in [-0.2, 0) is 4.79 Å². The molecule has 0 aliphatic carbocycles. The van der Waals surface area contributed by atoms with E-state index in [9.17, 15) is 9.59 Å². The first-order valence-corrected chi connectivity index (χ1v) is 7.10. The second kappa shape index (κ2) is 7.11. The number of carbonyl (C=O) groups excluding carboxylic acids is 1. The quantitative estimate of drug-likeness (QED) is 0.907. The number of anilines is 1. The molecule has 1 aromatic carbocycles. The van der Waals surface area contributed by atoms with E-state index in [1.165, 1.54) is 0 Å². The van der Waals surface area contributed by atoms with Crippen molar-refractivity contribution >= 4 is 17.7 Å². The van der Waals surface area contributed by atoms with E-state index in [0.29, 0.717) is 6.54 Å². The van der Waals surface area contributed by atoms with Gasteiger partial charge in [0, 0.05) is 25.3 Å². The van der Waals surface area contributed by atoms with Gasteiger partial charge in [-0.1, -0.05) is 6.07 Å². The molecular weight excluding hydrogens is 268 g/mol. The van der Waals surface area contributed by atoms with Crippen LogP contribution in [0.3, 0.4) is 0 Å². The predicted molar refractivity (Wildman–Crippen MR) is 83.8 cm³/mol. The average Bonchev–Trinajstić information content (AvgIpc) is 2.36. The fourth-order valence-electron chi connectivity index (χ4n) is 2.45. The lowest BCUT2D eigenvalue weighted by Gasteiger charge is -2.31. The number of amides is 2. The van der Waals surface area contributed by atoms with E-state index in [4.69, 9.17) is 5.11 Å². The van der Waals surface area contributed by atoms with Gasteiger partial charge in [0.25, 0.3) is 0 Å². The number of nitrogens with zero attached hydrogens (tertiary/aromatic N) is 2. The highest BCUT2D eigenvalue weighted by Crippen LogP contribution is 2.20. The molecule has 5 heteroatoms. The number of aryl methyl sites for hydroxylation is 2. The molecule has 0 spiro atoms. The van der Waals surface area contributed by atoms with Crippen LogP contribution in [0.2, 0.25) is 0 Å². The first-order valence-electron chi connectivity index (χ1n) is 7.10. The second-order valence-electron chi connectivity index (χ2n) is 5.42. The first-order chi connectivity index (χ1) is 9.76. The van der Waals surface area contributed by atoms with E-state index in [1.54, 1.807) is 23.8 Å². The van der Waals surface area contributed by atoms with Crippen LogP contribution in [-0.4, -0.2) is 41.6 Å². The summed E-state index contributed by atoms with van der Waals surface area (Å²) < 4.78 is 0. The fraction of sp³-hybridized carbons (Fsp3) is 0.500. The van der Waals surface area contributed by atoms with Crippen molar-refractivity contribution in [3.63, 3.8) is 0 Å². The normalized spacial score (nSPS) is 11.9. The van der Waals surface area contributed by atoms with Crippen molar-refractivity contribution in [2.45, 2.75) is 40.2 Å². The Morgan fingerprint density at radius 2 is 1.71 bits per heavy atom.